The van der Waals surface area contributed by atoms with Crippen molar-refractivity contribution in [3.63, 3.8) is 0 Å². The van der Waals surface area contributed by atoms with Crippen LogP contribution >= 0.6 is 15.9 Å². The number of amides is 1. The van der Waals surface area contributed by atoms with Crippen molar-refractivity contribution in [1.29, 1.82) is 0 Å². The summed E-state index contributed by atoms with van der Waals surface area (Å²) in [6.45, 7) is 2.99. The number of hydrogen-bond donors (Lipinski definition) is 1. The molecular weight excluding hydrogens is 272 g/mol. The molecule has 0 saturated heterocycles. The molecule has 1 aromatic rings. The Labute approximate surface area is 103 Å². The van der Waals surface area contributed by atoms with Gasteiger partial charge in [-0.15, -0.1) is 0 Å². The van der Waals surface area contributed by atoms with Gasteiger partial charge in [-0.3, -0.25) is 4.79 Å². The van der Waals surface area contributed by atoms with Crippen LogP contribution in [0.5, 0.6) is 0 Å². The number of carbonyl (C=O) groups is 1. The molecule has 5 heteroatoms. The molecule has 88 valence electrons. The maximum Gasteiger partial charge on any atom is 0.255 e. The van der Waals surface area contributed by atoms with Crippen molar-refractivity contribution in [2.45, 2.75) is 13.3 Å². The van der Waals surface area contributed by atoms with E-state index in [1.54, 1.807) is 17.0 Å². The molecule has 1 heterocycles. The van der Waals surface area contributed by atoms with Gasteiger partial charge in [0, 0.05) is 19.3 Å². The van der Waals surface area contributed by atoms with E-state index in [1.807, 2.05) is 6.92 Å². The molecule has 0 spiro atoms. The van der Waals surface area contributed by atoms with Crippen LogP contribution in [-0.2, 0) is 0 Å². The van der Waals surface area contributed by atoms with Gasteiger partial charge in [0.15, 0.2) is 0 Å². The van der Waals surface area contributed by atoms with Crippen molar-refractivity contribution in [3.8, 4) is 0 Å². The summed E-state index contributed by atoms with van der Waals surface area (Å²) < 4.78 is 0.702. The molecule has 0 radical (unpaired) electrons. The van der Waals surface area contributed by atoms with Crippen LogP contribution in [0, 0.1) is 0 Å². The van der Waals surface area contributed by atoms with E-state index in [2.05, 4.69) is 20.9 Å². The summed E-state index contributed by atoms with van der Waals surface area (Å²) >= 11 is 3.22. The molecule has 16 heavy (non-hydrogen) atoms. The quantitative estimate of drug-likeness (QED) is 0.838. The lowest BCUT2D eigenvalue weighted by Gasteiger charge is -2.20. The molecule has 1 rings (SSSR count). The zero-order valence-electron chi connectivity index (χ0n) is 9.19. The minimum atomic E-state index is -0.0871. The first-order valence-corrected chi connectivity index (χ1v) is 6.00. The van der Waals surface area contributed by atoms with E-state index in [1.165, 1.54) is 6.20 Å². The molecule has 0 fully saturated rings. The number of aliphatic hydroxyl groups is 1. The smallest absolute Gasteiger partial charge is 0.255 e. The monoisotopic (exact) mass is 286 g/mol. The third kappa shape index (κ3) is 3.57. The van der Waals surface area contributed by atoms with E-state index < -0.39 is 0 Å². The zero-order valence-corrected chi connectivity index (χ0v) is 10.8. The molecular formula is C11H15BrN2O2. The maximum absolute atomic E-state index is 12.0. The Kier molecular flexibility index (Phi) is 5.42. The number of hydrogen-bond acceptors (Lipinski definition) is 3. The average Bonchev–Trinajstić information content (AvgIpc) is 2.29. The highest BCUT2D eigenvalue weighted by atomic mass is 79.9. The van der Waals surface area contributed by atoms with Crippen LogP contribution < -0.4 is 0 Å². The van der Waals surface area contributed by atoms with Gasteiger partial charge in [0.25, 0.3) is 5.91 Å². The lowest BCUT2D eigenvalue weighted by molar-refractivity contribution is 0.0721. The number of aromatic nitrogens is 1. The van der Waals surface area contributed by atoms with Crippen LogP contribution in [0.3, 0.4) is 0 Å². The van der Waals surface area contributed by atoms with Crippen molar-refractivity contribution < 1.29 is 9.90 Å². The maximum atomic E-state index is 12.0. The Balaban J connectivity index is 2.77. The predicted octanol–water partition coefficient (Wildman–Crippen LogP) is 1.69. The second kappa shape index (κ2) is 6.60. The predicted molar refractivity (Wildman–Crippen MR) is 65.2 cm³/mol. The van der Waals surface area contributed by atoms with Crippen LogP contribution in [0.15, 0.2) is 22.9 Å². The largest absolute Gasteiger partial charge is 0.395 e. The highest BCUT2D eigenvalue weighted by Gasteiger charge is 2.14. The summed E-state index contributed by atoms with van der Waals surface area (Å²) in [6, 6.07) is 3.45. The van der Waals surface area contributed by atoms with Crippen LogP contribution in [0.4, 0.5) is 0 Å². The van der Waals surface area contributed by atoms with Crippen molar-refractivity contribution in [1.82, 2.24) is 9.88 Å². The van der Waals surface area contributed by atoms with Gasteiger partial charge >= 0.3 is 0 Å². The lowest BCUT2D eigenvalue weighted by atomic mass is 10.2. The molecule has 1 aromatic heterocycles. The standard InChI is InChI=1S/C11H15BrN2O2/c1-2-5-14(6-7-15)11(16)9-3-4-10(12)13-8-9/h3-4,8,15H,2,5-7H2,1H3. The fourth-order valence-electron chi connectivity index (χ4n) is 1.39. The fourth-order valence-corrected chi connectivity index (χ4v) is 1.62. The Morgan fingerprint density at radius 3 is 2.75 bits per heavy atom. The molecule has 0 aliphatic heterocycles. The summed E-state index contributed by atoms with van der Waals surface area (Å²) in [7, 11) is 0. The number of nitrogens with zero attached hydrogens (tertiary/aromatic N) is 2. The first-order chi connectivity index (χ1) is 7.69. The molecule has 0 aliphatic rings. The SMILES string of the molecule is CCCN(CCO)C(=O)c1ccc(Br)nc1. The number of halogens is 1. The fraction of sp³-hybridized carbons (Fsp3) is 0.455. The van der Waals surface area contributed by atoms with Gasteiger partial charge in [-0.2, -0.15) is 0 Å². The van der Waals surface area contributed by atoms with Gasteiger partial charge < -0.3 is 10.0 Å². The van der Waals surface area contributed by atoms with Gasteiger partial charge in [0.2, 0.25) is 0 Å². The number of carbonyl (C=O) groups excluding carboxylic acids is 1. The summed E-state index contributed by atoms with van der Waals surface area (Å²) in [4.78, 5) is 17.6. The second-order valence-electron chi connectivity index (χ2n) is 3.39. The molecule has 0 unspecified atom stereocenters. The van der Waals surface area contributed by atoms with Crippen molar-refractivity contribution in [3.05, 3.63) is 28.5 Å². The lowest BCUT2D eigenvalue weighted by Crippen LogP contribution is -2.34. The van der Waals surface area contributed by atoms with Crippen LogP contribution in [-0.4, -0.2) is 40.6 Å². The Hall–Kier alpha value is -0.940. The van der Waals surface area contributed by atoms with Crippen molar-refractivity contribution >= 4 is 21.8 Å². The minimum Gasteiger partial charge on any atom is -0.395 e. The van der Waals surface area contributed by atoms with E-state index in [9.17, 15) is 4.79 Å². The molecule has 0 aliphatic carbocycles. The Bertz CT molecular complexity index is 334. The number of aliphatic hydroxyl groups excluding tert-OH is 1. The summed E-state index contributed by atoms with van der Waals surface area (Å²) in [6.07, 6.45) is 2.40. The second-order valence-corrected chi connectivity index (χ2v) is 4.20. The van der Waals surface area contributed by atoms with E-state index in [-0.39, 0.29) is 12.5 Å². The first-order valence-electron chi connectivity index (χ1n) is 5.20. The van der Waals surface area contributed by atoms with Crippen LogP contribution in [0.2, 0.25) is 0 Å². The van der Waals surface area contributed by atoms with Crippen molar-refractivity contribution in [2.75, 3.05) is 19.7 Å². The molecule has 0 bridgehead atoms. The highest BCUT2D eigenvalue weighted by molar-refractivity contribution is 9.10. The Morgan fingerprint density at radius 1 is 1.50 bits per heavy atom. The summed E-state index contributed by atoms with van der Waals surface area (Å²) in [5.74, 6) is -0.0871. The third-order valence-corrected chi connectivity index (χ3v) is 2.59. The van der Waals surface area contributed by atoms with Gasteiger partial charge in [-0.1, -0.05) is 6.92 Å². The number of rotatable bonds is 5. The normalized spacial score (nSPS) is 10.2. The van der Waals surface area contributed by atoms with Gasteiger partial charge in [-0.25, -0.2) is 4.98 Å². The van der Waals surface area contributed by atoms with Crippen LogP contribution in [0.1, 0.15) is 23.7 Å². The third-order valence-electron chi connectivity index (χ3n) is 2.12. The number of pyridine rings is 1. The average molecular weight is 287 g/mol. The first kappa shape index (κ1) is 13.1. The summed E-state index contributed by atoms with van der Waals surface area (Å²) in [5, 5.41) is 8.89. The van der Waals surface area contributed by atoms with Gasteiger partial charge in [0.05, 0.1) is 12.2 Å². The molecule has 1 amide bonds. The van der Waals surface area contributed by atoms with E-state index in [0.717, 1.165) is 6.42 Å². The summed E-state index contributed by atoms with van der Waals surface area (Å²) in [5.41, 5.74) is 0.546. The van der Waals surface area contributed by atoms with E-state index >= 15 is 0 Å². The molecule has 0 atom stereocenters. The van der Waals surface area contributed by atoms with Gasteiger partial charge in [-0.05, 0) is 34.5 Å². The van der Waals surface area contributed by atoms with Crippen molar-refractivity contribution in [2.24, 2.45) is 0 Å². The molecule has 4 nitrogen and oxygen atoms in total. The van der Waals surface area contributed by atoms with E-state index in [0.29, 0.717) is 23.3 Å². The highest BCUT2D eigenvalue weighted by Crippen LogP contribution is 2.09. The molecule has 1 N–H and O–H groups in total. The molecule has 0 saturated carbocycles. The topological polar surface area (TPSA) is 53.4 Å². The Morgan fingerprint density at radius 2 is 2.25 bits per heavy atom. The van der Waals surface area contributed by atoms with E-state index in [4.69, 9.17) is 5.11 Å². The minimum absolute atomic E-state index is 0.0182. The van der Waals surface area contributed by atoms with Gasteiger partial charge in [0.1, 0.15) is 4.60 Å². The zero-order chi connectivity index (χ0) is 12.0. The molecule has 0 aromatic carbocycles. The van der Waals surface area contributed by atoms with Crippen LogP contribution in [0.25, 0.3) is 0 Å².